The van der Waals surface area contributed by atoms with Crippen molar-refractivity contribution < 1.29 is 9.53 Å². The first kappa shape index (κ1) is 14.4. The molecule has 110 valence electrons. The number of nitrogens with zero attached hydrogens (tertiary/aromatic N) is 3. The Morgan fingerprint density at radius 1 is 1.41 bits per heavy atom. The van der Waals surface area contributed by atoms with Gasteiger partial charge in [0.25, 0.3) is 5.91 Å². The molecule has 0 spiro atoms. The van der Waals surface area contributed by atoms with Crippen molar-refractivity contribution in [2.24, 2.45) is 0 Å². The van der Waals surface area contributed by atoms with Crippen LogP contribution in [0.4, 0.5) is 5.69 Å². The molecule has 22 heavy (non-hydrogen) atoms. The number of nitriles is 1. The first-order valence-corrected chi connectivity index (χ1v) is 7.12. The van der Waals surface area contributed by atoms with E-state index in [0.717, 1.165) is 4.42 Å². The molecule has 1 aliphatic rings. The quantitative estimate of drug-likeness (QED) is 0.817. The Morgan fingerprint density at radius 3 is 2.95 bits per heavy atom. The smallest absolute Gasteiger partial charge is 0.253 e. The number of ether oxygens (including phenoxy) is 1. The number of carbonyl (C=O) groups is 1. The molecule has 0 fully saturated rings. The lowest BCUT2D eigenvalue weighted by Gasteiger charge is -2.14. The third-order valence-electron chi connectivity index (χ3n) is 3.51. The highest BCUT2D eigenvalue weighted by Crippen LogP contribution is 2.44. The lowest BCUT2D eigenvalue weighted by Crippen LogP contribution is -2.20. The fourth-order valence-electron chi connectivity index (χ4n) is 2.58. The standard InChI is InChI=1S/C16H12ClN3O2/c1-2-22-15-11(4-3-7-19-15)14-12-8-10(9-18)5-6-13(12)20(17)16(14)21/h3-8,14H,2H2,1H3. The van der Waals surface area contributed by atoms with Gasteiger partial charge in [0, 0.05) is 23.5 Å². The third kappa shape index (κ3) is 2.18. The fourth-order valence-corrected chi connectivity index (χ4v) is 2.83. The molecule has 6 heteroatoms. The Hall–Kier alpha value is -2.58. The molecule has 1 atom stereocenters. The van der Waals surface area contributed by atoms with Crippen molar-refractivity contribution in [1.29, 1.82) is 5.26 Å². The van der Waals surface area contributed by atoms with E-state index in [1.165, 1.54) is 0 Å². The van der Waals surface area contributed by atoms with Crippen LogP contribution in [0, 0.1) is 11.3 Å². The van der Waals surface area contributed by atoms with Gasteiger partial charge < -0.3 is 4.74 Å². The monoisotopic (exact) mass is 313 g/mol. The van der Waals surface area contributed by atoms with Crippen molar-refractivity contribution in [2.75, 3.05) is 11.0 Å². The molecule has 0 bridgehead atoms. The van der Waals surface area contributed by atoms with Gasteiger partial charge in [-0.1, -0.05) is 6.07 Å². The maximum atomic E-state index is 12.5. The number of aromatic nitrogens is 1. The number of fused-ring (bicyclic) bond motifs is 1. The van der Waals surface area contributed by atoms with Gasteiger partial charge in [0.1, 0.15) is 0 Å². The van der Waals surface area contributed by atoms with E-state index in [1.54, 1.807) is 36.5 Å². The summed E-state index contributed by atoms with van der Waals surface area (Å²) in [5.74, 6) is -0.486. The minimum absolute atomic E-state index is 0.277. The van der Waals surface area contributed by atoms with Crippen LogP contribution in [-0.4, -0.2) is 17.5 Å². The van der Waals surface area contributed by atoms with Crippen LogP contribution in [0.5, 0.6) is 5.88 Å². The second kappa shape index (κ2) is 5.66. The fraction of sp³-hybridized carbons (Fsp3) is 0.188. The number of halogens is 1. The first-order valence-electron chi connectivity index (χ1n) is 6.79. The molecular formula is C16H12ClN3O2. The van der Waals surface area contributed by atoms with Crippen LogP contribution in [0.1, 0.15) is 29.5 Å². The summed E-state index contributed by atoms with van der Waals surface area (Å²) in [6.45, 7) is 2.30. The molecule has 0 aliphatic carbocycles. The normalized spacial score (nSPS) is 16.3. The number of amides is 1. The van der Waals surface area contributed by atoms with E-state index in [9.17, 15) is 4.79 Å². The molecule has 2 aromatic rings. The maximum absolute atomic E-state index is 12.5. The van der Waals surface area contributed by atoms with Crippen molar-refractivity contribution in [1.82, 2.24) is 4.98 Å². The topological polar surface area (TPSA) is 66.2 Å². The lowest BCUT2D eigenvalue weighted by atomic mass is 9.92. The summed E-state index contributed by atoms with van der Waals surface area (Å²) in [5, 5.41) is 9.08. The summed E-state index contributed by atoms with van der Waals surface area (Å²) in [7, 11) is 0. The SMILES string of the molecule is CCOc1ncccc1C1C(=O)N(Cl)c2ccc(C#N)cc21. The zero-order valence-corrected chi connectivity index (χ0v) is 12.5. The van der Waals surface area contributed by atoms with E-state index in [-0.39, 0.29) is 5.91 Å². The van der Waals surface area contributed by atoms with E-state index in [2.05, 4.69) is 11.1 Å². The van der Waals surface area contributed by atoms with Crippen LogP contribution < -0.4 is 9.16 Å². The second-order valence-electron chi connectivity index (χ2n) is 4.77. The molecule has 1 aromatic heterocycles. The van der Waals surface area contributed by atoms with Crippen molar-refractivity contribution >= 4 is 23.4 Å². The molecule has 0 N–H and O–H groups in total. The van der Waals surface area contributed by atoms with Crippen LogP contribution in [0.15, 0.2) is 36.5 Å². The molecule has 5 nitrogen and oxygen atoms in total. The highest BCUT2D eigenvalue weighted by Gasteiger charge is 2.39. The van der Waals surface area contributed by atoms with Gasteiger partial charge in [-0.3, -0.25) is 4.79 Å². The number of hydrogen-bond acceptors (Lipinski definition) is 4. The molecule has 0 saturated heterocycles. The highest BCUT2D eigenvalue weighted by molar-refractivity contribution is 6.39. The van der Waals surface area contributed by atoms with Crippen molar-refractivity contribution in [3.05, 3.63) is 53.2 Å². The van der Waals surface area contributed by atoms with Gasteiger partial charge in [-0.25, -0.2) is 9.40 Å². The minimum atomic E-state index is -0.615. The summed E-state index contributed by atoms with van der Waals surface area (Å²) < 4.78 is 6.60. The molecule has 1 aliphatic heterocycles. The van der Waals surface area contributed by atoms with E-state index < -0.39 is 5.92 Å². The van der Waals surface area contributed by atoms with Gasteiger partial charge in [-0.05, 0) is 36.8 Å². The Labute approximate surface area is 132 Å². The minimum Gasteiger partial charge on any atom is -0.478 e. The first-order chi connectivity index (χ1) is 10.7. The number of benzene rings is 1. The van der Waals surface area contributed by atoms with Gasteiger partial charge in [0.05, 0.1) is 29.8 Å². The molecule has 0 saturated carbocycles. The van der Waals surface area contributed by atoms with E-state index in [1.807, 2.05) is 6.92 Å². The average molecular weight is 314 g/mol. The van der Waals surface area contributed by atoms with Crippen LogP contribution in [0.2, 0.25) is 0 Å². The van der Waals surface area contributed by atoms with Gasteiger partial charge in [0.2, 0.25) is 5.88 Å². The van der Waals surface area contributed by atoms with Gasteiger partial charge in [-0.2, -0.15) is 5.26 Å². The summed E-state index contributed by atoms with van der Waals surface area (Å²) in [6.07, 6.45) is 1.61. The van der Waals surface area contributed by atoms with Crippen molar-refractivity contribution in [3.8, 4) is 11.9 Å². The van der Waals surface area contributed by atoms with E-state index in [0.29, 0.717) is 34.9 Å². The van der Waals surface area contributed by atoms with Crippen LogP contribution in [-0.2, 0) is 4.79 Å². The van der Waals surface area contributed by atoms with Gasteiger partial charge >= 0.3 is 0 Å². The van der Waals surface area contributed by atoms with Gasteiger partial charge in [-0.15, -0.1) is 0 Å². The number of anilines is 1. The number of hydrogen-bond donors (Lipinski definition) is 0. The molecule has 3 rings (SSSR count). The Morgan fingerprint density at radius 2 is 2.23 bits per heavy atom. The molecule has 1 aromatic carbocycles. The number of carbonyl (C=O) groups excluding carboxylic acids is 1. The highest BCUT2D eigenvalue weighted by atomic mass is 35.5. The largest absolute Gasteiger partial charge is 0.478 e. The van der Waals surface area contributed by atoms with Crippen molar-refractivity contribution in [2.45, 2.75) is 12.8 Å². The van der Waals surface area contributed by atoms with E-state index >= 15 is 0 Å². The van der Waals surface area contributed by atoms with Crippen LogP contribution in [0.3, 0.4) is 0 Å². The summed E-state index contributed by atoms with van der Waals surface area (Å²) in [5.41, 5.74) is 2.40. The molecule has 0 radical (unpaired) electrons. The number of pyridine rings is 1. The van der Waals surface area contributed by atoms with Crippen molar-refractivity contribution in [3.63, 3.8) is 0 Å². The Bertz CT molecular complexity index is 785. The molecular weight excluding hydrogens is 302 g/mol. The average Bonchev–Trinajstić information content (AvgIpc) is 2.79. The molecule has 2 heterocycles. The van der Waals surface area contributed by atoms with Crippen LogP contribution >= 0.6 is 11.8 Å². The second-order valence-corrected chi connectivity index (χ2v) is 5.11. The molecule has 1 unspecified atom stereocenters. The Balaban J connectivity index is 2.17. The number of rotatable bonds is 3. The zero-order valence-electron chi connectivity index (χ0n) is 11.8. The predicted octanol–water partition coefficient (Wildman–Crippen LogP) is 2.98. The van der Waals surface area contributed by atoms with E-state index in [4.69, 9.17) is 21.8 Å². The molecule has 1 amide bonds. The Kier molecular flexibility index (Phi) is 3.70. The van der Waals surface area contributed by atoms with Crippen LogP contribution in [0.25, 0.3) is 0 Å². The van der Waals surface area contributed by atoms with Gasteiger partial charge in [0.15, 0.2) is 0 Å². The predicted molar refractivity (Wildman–Crippen MR) is 81.7 cm³/mol. The zero-order chi connectivity index (χ0) is 15.7. The summed E-state index contributed by atoms with van der Waals surface area (Å²) >= 11 is 6.10. The lowest BCUT2D eigenvalue weighted by molar-refractivity contribution is -0.117. The maximum Gasteiger partial charge on any atom is 0.253 e. The summed E-state index contributed by atoms with van der Waals surface area (Å²) in [6, 6.07) is 10.6. The third-order valence-corrected chi connectivity index (χ3v) is 3.86. The summed E-state index contributed by atoms with van der Waals surface area (Å²) in [4.78, 5) is 16.7.